The SMILES string of the molecule is CCc1cccc(NC(N)=NCCOCC2CC2)c1. The zero-order valence-electron chi connectivity index (χ0n) is 11.6. The maximum Gasteiger partial charge on any atom is 0.193 e. The van der Waals surface area contributed by atoms with Crippen LogP contribution in [-0.4, -0.2) is 25.7 Å². The Morgan fingerprint density at radius 3 is 3.05 bits per heavy atom. The van der Waals surface area contributed by atoms with Crippen molar-refractivity contribution in [1.29, 1.82) is 0 Å². The van der Waals surface area contributed by atoms with Gasteiger partial charge in [-0.25, -0.2) is 0 Å². The second-order valence-corrected chi connectivity index (χ2v) is 4.96. The minimum atomic E-state index is 0.447. The van der Waals surface area contributed by atoms with Gasteiger partial charge >= 0.3 is 0 Å². The Hall–Kier alpha value is -1.55. The molecule has 0 aliphatic heterocycles. The number of nitrogens with one attached hydrogen (secondary N) is 1. The normalized spacial score (nSPS) is 15.5. The molecule has 104 valence electrons. The van der Waals surface area contributed by atoms with Crippen molar-refractivity contribution < 1.29 is 4.74 Å². The Morgan fingerprint density at radius 2 is 2.32 bits per heavy atom. The van der Waals surface area contributed by atoms with Crippen LogP contribution in [0.5, 0.6) is 0 Å². The standard InChI is InChI=1S/C15H23N3O/c1-2-12-4-3-5-14(10-12)18-15(16)17-8-9-19-11-13-6-7-13/h3-5,10,13H,2,6-9,11H2,1H3,(H3,16,17,18). The lowest BCUT2D eigenvalue weighted by molar-refractivity contribution is 0.132. The van der Waals surface area contributed by atoms with E-state index in [0.29, 0.717) is 19.1 Å². The molecular weight excluding hydrogens is 238 g/mol. The number of ether oxygens (including phenoxy) is 1. The minimum Gasteiger partial charge on any atom is -0.379 e. The third-order valence-corrected chi connectivity index (χ3v) is 3.18. The molecule has 1 aromatic carbocycles. The van der Waals surface area contributed by atoms with Crippen molar-refractivity contribution in [3.05, 3.63) is 29.8 Å². The Kier molecular flexibility index (Phi) is 5.21. The van der Waals surface area contributed by atoms with Crippen molar-refractivity contribution in [2.45, 2.75) is 26.2 Å². The summed E-state index contributed by atoms with van der Waals surface area (Å²) < 4.78 is 5.50. The Balaban J connectivity index is 1.70. The molecule has 4 heteroatoms. The van der Waals surface area contributed by atoms with Gasteiger partial charge in [-0.1, -0.05) is 19.1 Å². The smallest absolute Gasteiger partial charge is 0.193 e. The first-order chi connectivity index (χ1) is 9.28. The largest absolute Gasteiger partial charge is 0.379 e. The number of aliphatic imine (C=N–C) groups is 1. The number of guanidine groups is 1. The second-order valence-electron chi connectivity index (χ2n) is 4.96. The Bertz CT molecular complexity index is 427. The maximum absolute atomic E-state index is 5.83. The summed E-state index contributed by atoms with van der Waals surface area (Å²) in [7, 11) is 0. The zero-order valence-corrected chi connectivity index (χ0v) is 11.6. The maximum atomic E-state index is 5.83. The van der Waals surface area contributed by atoms with Gasteiger partial charge in [-0.3, -0.25) is 4.99 Å². The predicted molar refractivity (Wildman–Crippen MR) is 79.5 cm³/mol. The first kappa shape index (κ1) is 13.9. The first-order valence-corrected chi connectivity index (χ1v) is 7.01. The highest BCUT2D eigenvalue weighted by atomic mass is 16.5. The predicted octanol–water partition coefficient (Wildman–Crippen LogP) is 2.40. The molecule has 0 spiro atoms. The van der Waals surface area contributed by atoms with Gasteiger partial charge in [0, 0.05) is 12.3 Å². The fraction of sp³-hybridized carbons (Fsp3) is 0.533. The second kappa shape index (κ2) is 7.14. The van der Waals surface area contributed by atoms with Gasteiger partial charge in [-0.15, -0.1) is 0 Å². The summed E-state index contributed by atoms with van der Waals surface area (Å²) in [5, 5.41) is 3.10. The number of rotatable bonds is 7. The monoisotopic (exact) mass is 261 g/mol. The quantitative estimate of drug-likeness (QED) is 0.450. The molecule has 3 N–H and O–H groups in total. The van der Waals surface area contributed by atoms with E-state index in [2.05, 4.69) is 29.4 Å². The van der Waals surface area contributed by atoms with E-state index >= 15 is 0 Å². The summed E-state index contributed by atoms with van der Waals surface area (Å²) in [4.78, 5) is 4.25. The van der Waals surface area contributed by atoms with E-state index in [0.717, 1.165) is 24.6 Å². The molecule has 1 aliphatic rings. The van der Waals surface area contributed by atoms with Crippen molar-refractivity contribution in [1.82, 2.24) is 0 Å². The third-order valence-electron chi connectivity index (χ3n) is 3.18. The van der Waals surface area contributed by atoms with Crippen molar-refractivity contribution in [3.63, 3.8) is 0 Å². The Morgan fingerprint density at radius 1 is 1.47 bits per heavy atom. The number of aryl methyl sites for hydroxylation is 1. The summed E-state index contributed by atoms with van der Waals surface area (Å²) in [6.07, 6.45) is 3.66. The van der Waals surface area contributed by atoms with E-state index in [-0.39, 0.29) is 0 Å². The van der Waals surface area contributed by atoms with Gasteiger partial charge in [0.2, 0.25) is 0 Å². The highest BCUT2D eigenvalue weighted by Gasteiger charge is 2.20. The average molecular weight is 261 g/mol. The number of anilines is 1. The fourth-order valence-corrected chi connectivity index (χ4v) is 1.82. The minimum absolute atomic E-state index is 0.447. The van der Waals surface area contributed by atoms with Crippen molar-refractivity contribution in [3.8, 4) is 0 Å². The Labute approximate surface area is 115 Å². The lowest BCUT2D eigenvalue weighted by Crippen LogP contribution is -2.23. The van der Waals surface area contributed by atoms with Crippen LogP contribution in [0.25, 0.3) is 0 Å². The molecule has 0 amide bonds. The van der Waals surface area contributed by atoms with Crippen LogP contribution in [0.2, 0.25) is 0 Å². The van der Waals surface area contributed by atoms with E-state index in [1.807, 2.05) is 12.1 Å². The lowest BCUT2D eigenvalue weighted by Gasteiger charge is -2.07. The molecule has 0 unspecified atom stereocenters. The summed E-state index contributed by atoms with van der Waals surface area (Å²) in [5.41, 5.74) is 8.10. The summed E-state index contributed by atoms with van der Waals surface area (Å²) in [5.74, 6) is 1.25. The van der Waals surface area contributed by atoms with Crippen LogP contribution >= 0.6 is 0 Å². The molecule has 0 heterocycles. The van der Waals surface area contributed by atoms with E-state index in [1.165, 1.54) is 18.4 Å². The van der Waals surface area contributed by atoms with Crippen LogP contribution in [0.3, 0.4) is 0 Å². The number of hydrogen-bond acceptors (Lipinski definition) is 2. The van der Waals surface area contributed by atoms with E-state index in [9.17, 15) is 0 Å². The molecule has 4 nitrogen and oxygen atoms in total. The molecule has 0 bridgehead atoms. The summed E-state index contributed by atoms with van der Waals surface area (Å²) >= 11 is 0. The number of nitrogens with zero attached hydrogens (tertiary/aromatic N) is 1. The van der Waals surface area contributed by atoms with Crippen LogP contribution in [0.4, 0.5) is 5.69 Å². The van der Waals surface area contributed by atoms with Crippen molar-refractivity contribution in [2.24, 2.45) is 16.6 Å². The van der Waals surface area contributed by atoms with E-state index in [1.54, 1.807) is 0 Å². The molecule has 0 saturated heterocycles. The fourth-order valence-electron chi connectivity index (χ4n) is 1.82. The van der Waals surface area contributed by atoms with Gasteiger partial charge in [0.1, 0.15) is 0 Å². The van der Waals surface area contributed by atoms with E-state index in [4.69, 9.17) is 10.5 Å². The van der Waals surface area contributed by atoms with Crippen LogP contribution < -0.4 is 11.1 Å². The van der Waals surface area contributed by atoms with Crippen molar-refractivity contribution in [2.75, 3.05) is 25.1 Å². The number of hydrogen-bond donors (Lipinski definition) is 2. The molecule has 0 radical (unpaired) electrons. The van der Waals surface area contributed by atoms with Gasteiger partial charge in [0.05, 0.1) is 13.2 Å². The average Bonchev–Trinajstić information content (AvgIpc) is 3.22. The molecule has 0 atom stereocenters. The molecule has 0 aromatic heterocycles. The number of benzene rings is 1. The van der Waals surface area contributed by atoms with Gasteiger partial charge in [-0.2, -0.15) is 0 Å². The first-order valence-electron chi connectivity index (χ1n) is 7.01. The molecule has 1 aliphatic carbocycles. The summed E-state index contributed by atoms with van der Waals surface area (Å²) in [6.45, 7) is 4.27. The van der Waals surface area contributed by atoms with Gasteiger partial charge in [0.25, 0.3) is 0 Å². The van der Waals surface area contributed by atoms with Crippen LogP contribution in [0, 0.1) is 5.92 Å². The molecule has 19 heavy (non-hydrogen) atoms. The zero-order chi connectivity index (χ0) is 13.5. The van der Waals surface area contributed by atoms with Crippen molar-refractivity contribution >= 4 is 11.6 Å². The molecule has 1 aromatic rings. The molecule has 2 rings (SSSR count). The topological polar surface area (TPSA) is 59.6 Å². The highest BCUT2D eigenvalue weighted by molar-refractivity contribution is 5.92. The molecule has 1 saturated carbocycles. The van der Waals surface area contributed by atoms with Gasteiger partial charge in [0.15, 0.2) is 5.96 Å². The molecular formula is C15H23N3O. The van der Waals surface area contributed by atoms with E-state index < -0.39 is 0 Å². The molecule has 1 fully saturated rings. The van der Waals surface area contributed by atoms with Gasteiger partial charge < -0.3 is 15.8 Å². The highest BCUT2D eigenvalue weighted by Crippen LogP contribution is 2.28. The number of nitrogens with two attached hydrogens (primary N) is 1. The van der Waals surface area contributed by atoms with Crippen LogP contribution in [0.1, 0.15) is 25.3 Å². The third kappa shape index (κ3) is 5.30. The van der Waals surface area contributed by atoms with Crippen LogP contribution in [-0.2, 0) is 11.2 Å². The van der Waals surface area contributed by atoms with Crippen LogP contribution in [0.15, 0.2) is 29.3 Å². The summed E-state index contributed by atoms with van der Waals surface area (Å²) in [6, 6.07) is 8.20. The van der Waals surface area contributed by atoms with Gasteiger partial charge in [-0.05, 0) is 42.9 Å². The lowest BCUT2D eigenvalue weighted by atomic mass is 10.1.